The summed E-state index contributed by atoms with van der Waals surface area (Å²) in [6.07, 6.45) is 2.66. The lowest BCUT2D eigenvalue weighted by Crippen LogP contribution is -2.37. The zero-order valence-electron chi connectivity index (χ0n) is 13.7. The standard InChI is InChI=1S/C16H30N4/c1-6-20-9-7-15(8-10-20)11-17-12(2)16-13(3)18-19(5)14(16)4/h12,15,17H,6-11H2,1-5H3. The van der Waals surface area contributed by atoms with Crippen LogP contribution in [0.3, 0.4) is 0 Å². The van der Waals surface area contributed by atoms with Crippen LogP contribution in [0.4, 0.5) is 0 Å². The van der Waals surface area contributed by atoms with Gasteiger partial charge in [0.05, 0.1) is 5.69 Å². The molecule has 1 saturated heterocycles. The van der Waals surface area contributed by atoms with Crippen molar-refractivity contribution < 1.29 is 0 Å². The molecule has 1 fully saturated rings. The lowest BCUT2D eigenvalue weighted by Gasteiger charge is -2.31. The molecule has 1 aliphatic rings. The van der Waals surface area contributed by atoms with E-state index >= 15 is 0 Å². The van der Waals surface area contributed by atoms with Crippen LogP contribution in [0.2, 0.25) is 0 Å². The summed E-state index contributed by atoms with van der Waals surface area (Å²) >= 11 is 0. The van der Waals surface area contributed by atoms with Crippen molar-refractivity contribution in [2.75, 3.05) is 26.2 Å². The highest BCUT2D eigenvalue weighted by Gasteiger charge is 2.20. The number of rotatable bonds is 5. The van der Waals surface area contributed by atoms with Crippen LogP contribution in [0.25, 0.3) is 0 Å². The van der Waals surface area contributed by atoms with Gasteiger partial charge in [0.2, 0.25) is 0 Å². The van der Waals surface area contributed by atoms with Gasteiger partial charge in [-0.25, -0.2) is 0 Å². The Kier molecular flexibility index (Phi) is 5.22. The van der Waals surface area contributed by atoms with Gasteiger partial charge in [0.1, 0.15) is 0 Å². The molecule has 0 saturated carbocycles. The summed E-state index contributed by atoms with van der Waals surface area (Å²) in [4.78, 5) is 2.55. The lowest BCUT2D eigenvalue weighted by molar-refractivity contribution is 0.188. The van der Waals surface area contributed by atoms with Gasteiger partial charge in [-0.2, -0.15) is 5.10 Å². The quantitative estimate of drug-likeness (QED) is 0.898. The minimum absolute atomic E-state index is 0.396. The predicted molar refractivity (Wildman–Crippen MR) is 83.9 cm³/mol. The SMILES string of the molecule is CCN1CCC(CNC(C)c2c(C)nn(C)c2C)CC1. The molecule has 114 valence electrons. The van der Waals surface area contributed by atoms with Gasteiger partial charge in [-0.3, -0.25) is 4.68 Å². The first-order valence-electron chi connectivity index (χ1n) is 7.98. The summed E-state index contributed by atoms with van der Waals surface area (Å²) < 4.78 is 1.99. The number of likely N-dealkylation sites (tertiary alicyclic amines) is 1. The maximum atomic E-state index is 4.52. The summed E-state index contributed by atoms with van der Waals surface area (Å²) in [5.41, 5.74) is 3.81. The van der Waals surface area contributed by atoms with E-state index in [9.17, 15) is 0 Å². The minimum atomic E-state index is 0.396. The van der Waals surface area contributed by atoms with Crippen LogP contribution in [0, 0.1) is 19.8 Å². The molecule has 0 bridgehead atoms. The van der Waals surface area contributed by atoms with Gasteiger partial charge < -0.3 is 10.2 Å². The summed E-state index contributed by atoms with van der Waals surface area (Å²) in [5, 5.41) is 8.24. The molecule has 1 aliphatic heterocycles. The monoisotopic (exact) mass is 278 g/mol. The van der Waals surface area contributed by atoms with Gasteiger partial charge in [-0.15, -0.1) is 0 Å². The molecular formula is C16H30N4. The maximum Gasteiger partial charge on any atom is 0.0644 e. The topological polar surface area (TPSA) is 33.1 Å². The molecule has 1 N–H and O–H groups in total. The van der Waals surface area contributed by atoms with Gasteiger partial charge in [0.15, 0.2) is 0 Å². The van der Waals surface area contributed by atoms with Crippen LogP contribution in [-0.4, -0.2) is 40.9 Å². The molecule has 4 heteroatoms. The number of aromatic nitrogens is 2. The van der Waals surface area contributed by atoms with Crippen molar-refractivity contribution in [1.82, 2.24) is 20.0 Å². The second kappa shape index (κ2) is 6.72. The van der Waals surface area contributed by atoms with E-state index in [-0.39, 0.29) is 0 Å². The van der Waals surface area contributed by atoms with E-state index in [1.807, 2.05) is 11.7 Å². The second-order valence-corrected chi connectivity index (χ2v) is 6.22. The van der Waals surface area contributed by atoms with Crippen LogP contribution in [0.5, 0.6) is 0 Å². The van der Waals surface area contributed by atoms with E-state index in [1.165, 1.54) is 43.7 Å². The molecule has 0 aromatic carbocycles. The van der Waals surface area contributed by atoms with Crippen molar-refractivity contribution in [2.45, 2.75) is 46.6 Å². The molecule has 0 aliphatic carbocycles. The summed E-state index contributed by atoms with van der Waals surface area (Å²) in [6, 6.07) is 0.396. The lowest BCUT2D eigenvalue weighted by atomic mass is 9.96. The Bertz CT molecular complexity index is 430. The Labute approximate surface area is 123 Å². The first-order valence-corrected chi connectivity index (χ1v) is 7.98. The Morgan fingerprint density at radius 3 is 2.45 bits per heavy atom. The Hall–Kier alpha value is -0.870. The molecule has 0 radical (unpaired) electrons. The zero-order valence-corrected chi connectivity index (χ0v) is 13.7. The summed E-state index contributed by atoms with van der Waals surface area (Å²) in [7, 11) is 2.03. The Balaban J connectivity index is 1.85. The number of hydrogen-bond acceptors (Lipinski definition) is 3. The van der Waals surface area contributed by atoms with Crippen molar-refractivity contribution in [1.29, 1.82) is 0 Å². The average molecular weight is 278 g/mol. The van der Waals surface area contributed by atoms with Crippen LogP contribution < -0.4 is 5.32 Å². The van der Waals surface area contributed by atoms with Crippen molar-refractivity contribution in [3.63, 3.8) is 0 Å². The summed E-state index contributed by atoms with van der Waals surface area (Å²) in [5.74, 6) is 0.831. The molecule has 0 spiro atoms. The molecule has 1 unspecified atom stereocenters. The van der Waals surface area contributed by atoms with E-state index in [2.05, 4.69) is 43.0 Å². The normalized spacial score (nSPS) is 19.4. The molecule has 1 aromatic rings. The van der Waals surface area contributed by atoms with E-state index in [0.29, 0.717) is 6.04 Å². The zero-order chi connectivity index (χ0) is 14.7. The highest BCUT2D eigenvalue weighted by Crippen LogP contribution is 2.22. The first kappa shape index (κ1) is 15.5. The van der Waals surface area contributed by atoms with Gasteiger partial charge in [0, 0.05) is 24.3 Å². The number of hydrogen-bond donors (Lipinski definition) is 1. The van der Waals surface area contributed by atoms with E-state index in [1.54, 1.807) is 0 Å². The number of nitrogens with one attached hydrogen (secondary N) is 1. The van der Waals surface area contributed by atoms with Crippen LogP contribution >= 0.6 is 0 Å². The first-order chi connectivity index (χ1) is 9.52. The highest BCUT2D eigenvalue weighted by molar-refractivity contribution is 5.27. The Morgan fingerprint density at radius 2 is 1.95 bits per heavy atom. The number of nitrogens with zero attached hydrogens (tertiary/aromatic N) is 3. The third kappa shape index (κ3) is 3.41. The van der Waals surface area contributed by atoms with Gasteiger partial charge in [-0.1, -0.05) is 6.92 Å². The van der Waals surface area contributed by atoms with Crippen LogP contribution in [0.15, 0.2) is 0 Å². The predicted octanol–water partition coefficient (Wildman–Crippen LogP) is 2.42. The maximum absolute atomic E-state index is 4.52. The second-order valence-electron chi connectivity index (χ2n) is 6.22. The fourth-order valence-corrected chi connectivity index (χ4v) is 3.37. The van der Waals surface area contributed by atoms with Crippen molar-refractivity contribution in [3.05, 3.63) is 17.0 Å². The van der Waals surface area contributed by atoms with Crippen molar-refractivity contribution >= 4 is 0 Å². The van der Waals surface area contributed by atoms with Gasteiger partial charge >= 0.3 is 0 Å². The molecule has 2 heterocycles. The van der Waals surface area contributed by atoms with E-state index < -0.39 is 0 Å². The smallest absolute Gasteiger partial charge is 0.0644 e. The van der Waals surface area contributed by atoms with Crippen molar-refractivity contribution in [3.8, 4) is 0 Å². The molecule has 1 aromatic heterocycles. The Morgan fingerprint density at radius 1 is 1.30 bits per heavy atom. The van der Waals surface area contributed by atoms with Crippen LogP contribution in [-0.2, 0) is 7.05 Å². The number of piperidine rings is 1. The highest BCUT2D eigenvalue weighted by atomic mass is 15.3. The fraction of sp³-hybridized carbons (Fsp3) is 0.812. The molecule has 20 heavy (non-hydrogen) atoms. The largest absolute Gasteiger partial charge is 0.310 e. The van der Waals surface area contributed by atoms with Gasteiger partial charge in [-0.05, 0) is 65.7 Å². The van der Waals surface area contributed by atoms with E-state index in [4.69, 9.17) is 0 Å². The third-order valence-corrected chi connectivity index (χ3v) is 4.87. The minimum Gasteiger partial charge on any atom is -0.310 e. The average Bonchev–Trinajstić information content (AvgIpc) is 2.70. The molecule has 2 rings (SSSR count). The third-order valence-electron chi connectivity index (χ3n) is 4.87. The van der Waals surface area contributed by atoms with Gasteiger partial charge in [0.25, 0.3) is 0 Å². The fourth-order valence-electron chi connectivity index (χ4n) is 3.37. The molecular weight excluding hydrogens is 248 g/mol. The molecule has 4 nitrogen and oxygen atoms in total. The van der Waals surface area contributed by atoms with E-state index in [0.717, 1.165) is 18.2 Å². The van der Waals surface area contributed by atoms with Crippen LogP contribution in [0.1, 0.15) is 49.7 Å². The molecule has 0 amide bonds. The number of aryl methyl sites for hydroxylation is 2. The molecule has 1 atom stereocenters. The van der Waals surface area contributed by atoms with Crippen molar-refractivity contribution in [2.24, 2.45) is 13.0 Å². The summed E-state index contributed by atoms with van der Waals surface area (Å²) in [6.45, 7) is 13.7.